The summed E-state index contributed by atoms with van der Waals surface area (Å²) in [5, 5.41) is 0. The highest BCUT2D eigenvalue weighted by Gasteiger charge is 2.39. The van der Waals surface area contributed by atoms with E-state index in [1.165, 1.54) is 0 Å². The van der Waals surface area contributed by atoms with Gasteiger partial charge in [0.2, 0.25) is 0 Å². The number of hydrogen-bond acceptors (Lipinski definition) is 9. The van der Waals surface area contributed by atoms with Crippen molar-refractivity contribution in [3.63, 3.8) is 0 Å². The van der Waals surface area contributed by atoms with E-state index in [2.05, 4.69) is 12.6 Å². The summed E-state index contributed by atoms with van der Waals surface area (Å²) in [6.45, 7) is 10.1. The van der Waals surface area contributed by atoms with E-state index >= 15 is 0 Å². The zero-order chi connectivity index (χ0) is 22.0. The lowest BCUT2D eigenvalue weighted by Crippen LogP contribution is -2.46. The van der Waals surface area contributed by atoms with Gasteiger partial charge in [0.25, 0.3) is 0 Å². The quantitative estimate of drug-likeness (QED) is 0.141. The molecule has 1 atom stereocenters. The van der Waals surface area contributed by atoms with Gasteiger partial charge in [-0.1, -0.05) is 0 Å². The molecule has 1 aliphatic heterocycles. The lowest BCUT2D eigenvalue weighted by Gasteiger charge is -2.28. The van der Waals surface area contributed by atoms with Crippen LogP contribution in [-0.4, -0.2) is 90.4 Å². The molecule has 0 amide bonds. The zero-order valence-corrected chi connectivity index (χ0v) is 22.0. The van der Waals surface area contributed by atoms with Crippen molar-refractivity contribution in [3.8, 4) is 0 Å². The summed E-state index contributed by atoms with van der Waals surface area (Å²) < 4.78 is 43.3. The summed E-state index contributed by atoms with van der Waals surface area (Å²) in [5.74, 6) is 0.849. The Morgan fingerprint density at radius 3 is 1.69 bits per heavy atom. The highest BCUT2D eigenvalue weighted by Crippen LogP contribution is 2.18. The lowest BCUT2D eigenvalue weighted by atomic mass is 10.5. The van der Waals surface area contributed by atoms with E-state index in [0.717, 1.165) is 37.3 Å². The molecule has 11 heteroatoms. The maximum absolute atomic E-state index is 5.67. The predicted molar refractivity (Wildman–Crippen MR) is 121 cm³/mol. The molecular weight excluding hydrogens is 432 g/mol. The van der Waals surface area contributed by atoms with Gasteiger partial charge in [0.05, 0.1) is 13.2 Å². The molecule has 1 fully saturated rings. The van der Waals surface area contributed by atoms with E-state index in [0.29, 0.717) is 39.1 Å². The molecule has 0 aliphatic carbocycles. The fourth-order valence-corrected chi connectivity index (χ4v) is 7.38. The average Bonchev–Trinajstić information content (AvgIpc) is 3.55. The summed E-state index contributed by atoms with van der Waals surface area (Å²) in [7, 11) is 0.114. The number of ether oxygens (including phenoxy) is 2. The first-order chi connectivity index (χ1) is 14.0. The molecule has 1 heterocycles. The topological polar surface area (TPSA) is 77.1 Å². The standard InChI is InChI=1S/C9H20O5Si.C9H22O3SSi/c1-10-15(11-2,12-3)6-4-5-13-7-9-8-14-9;1-4-10-14(11-5-2,12-6-3)9-7-8-13/h9H,4-8H2,1-3H3;13H,4-9H2,1-3H3. The van der Waals surface area contributed by atoms with Gasteiger partial charge in [-0.05, 0) is 39.4 Å². The Labute approximate surface area is 185 Å². The van der Waals surface area contributed by atoms with Crippen LogP contribution in [0.2, 0.25) is 12.1 Å². The Morgan fingerprint density at radius 2 is 1.31 bits per heavy atom. The summed E-state index contributed by atoms with van der Waals surface area (Å²) >= 11 is 4.19. The molecule has 0 aromatic carbocycles. The zero-order valence-electron chi connectivity index (χ0n) is 19.1. The fourth-order valence-electron chi connectivity index (χ4n) is 2.62. The molecule has 176 valence electrons. The van der Waals surface area contributed by atoms with Crippen LogP contribution in [0.15, 0.2) is 0 Å². The number of thiol groups is 1. The second kappa shape index (κ2) is 18.1. The molecule has 0 aromatic heterocycles. The van der Waals surface area contributed by atoms with Crippen LogP contribution < -0.4 is 0 Å². The monoisotopic (exact) mass is 474 g/mol. The van der Waals surface area contributed by atoms with Gasteiger partial charge in [-0.2, -0.15) is 12.6 Å². The van der Waals surface area contributed by atoms with Crippen LogP contribution in [0.3, 0.4) is 0 Å². The summed E-state index contributed by atoms with van der Waals surface area (Å²) in [6, 6.07) is 1.65. The van der Waals surface area contributed by atoms with Crippen LogP contribution in [0.1, 0.15) is 33.6 Å². The van der Waals surface area contributed by atoms with E-state index in [1.807, 2.05) is 20.8 Å². The number of rotatable bonds is 18. The Morgan fingerprint density at radius 1 is 0.828 bits per heavy atom. The van der Waals surface area contributed by atoms with E-state index in [-0.39, 0.29) is 0 Å². The number of epoxide rings is 1. The van der Waals surface area contributed by atoms with Crippen molar-refractivity contribution >= 4 is 30.2 Å². The maximum atomic E-state index is 5.67. The molecular formula is C18H42O8SSi2. The Kier molecular flexibility index (Phi) is 18.4. The molecule has 0 saturated carbocycles. The molecule has 8 nitrogen and oxygen atoms in total. The molecule has 0 aromatic rings. The molecule has 0 radical (unpaired) electrons. The van der Waals surface area contributed by atoms with Gasteiger partial charge in [0.1, 0.15) is 6.10 Å². The average molecular weight is 475 g/mol. The van der Waals surface area contributed by atoms with E-state index in [4.69, 9.17) is 36.0 Å². The molecule has 0 N–H and O–H groups in total. The minimum Gasteiger partial charge on any atom is -0.379 e. The minimum atomic E-state index is -2.39. The molecule has 0 bridgehead atoms. The Hall–Kier alpha value is 0.464. The Balaban J connectivity index is 0.000000543. The van der Waals surface area contributed by atoms with Gasteiger partial charge in [0.15, 0.2) is 0 Å². The van der Waals surface area contributed by atoms with Crippen molar-refractivity contribution in [1.29, 1.82) is 0 Å². The van der Waals surface area contributed by atoms with Gasteiger partial charge in [-0.3, -0.25) is 0 Å². The van der Waals surface area contributed by atoms with Gasteiger partial charge in [-0.25, -0.2) is 0 Å². The van der Waals surface area contributed by atoms with Crippen LogP contribution in [-0.2, 0) is 36.0 Å². The predicted octanol–water partition coefficient (Wildman–Crippen LogP) is 3.02. The van der Waals surface area contributed by atoms with Gasteiger partial charge in [0, 0.05) is 59.8 Å². The lowest BCUT2D eigenvalue weighted by molar-refractivity contribution is 0.0712. The first-order valence-corrected chi connectivity index (χ1v) is 14.9. The third-order valence-corrected chi connectivity index (χ3v) is 10.4. The van der Waals surface area contributed by atoms with Crippen LogP contribution in [0, 0.1) is 0 Å². The van der Waals surface area contributed by atoms with Crippen molar-refractivity contribution in [2.75, 3.05) is 66.7 Å². The van der Waals surface area contributed by atoms with Crippen molar-refractivity contribution < 1.29 is 36.0 Å². The van der Waals surface area contributed by atoms with Crippen LogP contribution in [0.5, 0.6) is 0 Å². The van der Waals surface area contributed by atoms with Crippen LogP contribution in [0.25, 0.3) is 0 Å². The Bertz CT molecular complexity index is 348. The molecule has 0 spiro atoms. The van der Waals surface area contributed by atoms with Gasteiger partial charge >= 0.3 is 17.6 Å². The number of hydrogen-bond donors (Lipinski definition) is 1. The van der Waals surface area contributed by atoms with Crippen molar-refractivity contribution in [3.05, 3.63) is 0 Å². The van der Waals surface area contributed by atoms with Crippen molar-refractivity contribution in [2.24, 2.45) is 0 Å². The van der Waals surface area contributed by atoms with Gasteiger partial charge < -0.3 is 36.0 Å². The van der Waals surface area contributed by atoms with E-state index < -0.39 is 17.6 Å². The summed E-state index contributed by atoms with van der Waals surface area (Å²) in [6.07, 6.45) is 2.20. The molecule has 1 rings (SSSR count). The summed E-state index contributed by atoms with van der Waals surface area (Å²) in [5.41, 5.74) is 0. The highest BCUT2D eigenvalue weighted by molar-refractivity contribution is 7.80. The van der Waals surface area contributed by atoms with Gasteiger partial charge in [-0.15, -0.1) is 0 Å². The second-order valence-corrected chi connectivity index (χ2v) is 12.5. The minimum absolute atomic E-state index is 0.333. The SMILES string of the molecule is CCO[Si](CCCS)(OCC)OCC.CO[Si](CCCOCC1CO1)(OC)OC. The first kappa shape index (κ1) is 29.5. The third-order valence-electron chi connectivity index (χ3n) is 4.14. The van der Waals surface area contributed by atoms with Crippen LogP contribution in [0.4, 0.5) is 0 Å². The third kappa shape index (κ3) is 13.5. The van der Waals surface area contributed by atoms with Crippen molar-refractivity contribution in [2.45, 2.75) is 51.8 Å². The molecule has 1 aliphatic rings. The molecule has 1 saturated heterocycles. The van der Waals surface area contributed by atoms with Crippen molar-refractivity contribution in [1.82, 2.24) is 0 Å². The largest absolute Gasteiger partial charge is 0.500 e. The fraction of sp³-hybridized carbons (Fsp3) is 1.00. The highest BCUT2D eigenvalue weighted by atomic mass is 32.1. The van der Waals surface area contributed by atoms with E-state index in [1.54, 1.807) is 21.3 Å². The smallest absolute Gasteiger partial charge is 0.379 e. The van der Waals surface area contributed by atoms with Crippen LogP contribution >= 0.6 is 12.6 Å². The normalized spacial score (nSPS) is 16.4. The van der Waals surface area contributed by atoms with E-state index in [9.17, 15) is 0 Å². The first-order valence-electron chi connectivity index (χ1n) is 10.4. The summed E-state index contributed by atoms with van der Waals surface area (Å²) in [4.78, 5) is 0. The second-order valence-electron chi connectivity index (χ2n) is 6.24. The maximum Gasteiger partial charge on any atom is 0.500 e. The molecule has 1 unspecified atom stereocenters. The molecule has 29 heavy (non-hydrogen) atoms.